The van der Waals surface area contributed by atoms with Gasteiger partial charge in [0.25, 0.3) is 5.91 Å². The first kappa shape index (κ1) is 18.4. The maximum Gasteiger partial charge on any atom is 0.339 e. The Morgan fingerprint density at radius 1 is 0.880 bits per heavy atom. The molecule has 0 spiro atoms. The van der Waals surface area contributed by atoms with Gasteiger partial charge in [-0.3, -0.25) is 4.79 Å². The molecule has 2 rings (SSSR count). The number of carbonyl (C=O) groups is 1. The molecular weight excluding hydrogens is 350 g/mol. The molecule has 2 aromatic carbocycles. The molecule has 0 atom stereocenters. The van der Waals surface area contributed by atoms with Gasteiger partial charge < -0.3 is 24.1 Å². The third-order valence-corrected chi connectivity index (χ3v) is 4.53. The van der Waals surface area contributed by atoms with E-state index in [0.717, 1.165) is 0 Å². The Hall–Kier alpha value is -2.94. The van der Waals surface area contributed by atoms with Crippen LogP contribution in [0.15, 0.2) is 41.3 Å². The van der Waals surface area contributed by atoms with Gasteiger partial charge in [-0.1, -0.05) is 0 Å². The zero-order chi connectivity index (χ0) is 18.6. The molecule has 0 aliphatic carbocycles. The van der Waals surface area contributed by atoms with Crippen LogP contribution in [0.2, 0.25) is 0 Å². The van der Waals surface area contributed by atoms with Crippen molar-refractivity contribution >= 4 is 16.0 Å². The van der Waals surface area contributed by atoms with E-state index >= 15 is 0 Å². The summed E-state index contributed by atoms with van der Waals surface area (Å²) in [6.07, 6.45) is 0. The van der Waals surface area contributed by atoms with Crippen LogP contribution >= 0.6 is 0 Å². The number of amides is 1. The molecule has 1 amide bonds. The maximum atomic E-state index is 12.5. The van der Waals surface area contributed by atoms with Gasteiger partial charge in [0.15, 0.2) is 17.2 Å². The van der Waals surface area contributed by atoms with Crippen LogP contribution in [0, 0.1) is 0 Å². The normalized spacial score (nSPS) is 10.8. The highest BCUT2D eigenvalue weighted by atomic mass is 32.2. The molecule has 0 radical (unpaired) electrons. The van der Waals surface area contributed by atoms with E-state index in [1.165, 1.54) is 57.7 Å². The van der Waals surface area contributed by atoms with Crippen LogP contribution in [0.4, 0.5) is 0 Å². The van der Waals surface area contributed by atoms with Gasteiger partial charge in [-0.05, 0) is 24.3 Å². The molecule has 0 fully saturated rings. The molecule has 0 saturated carbocycles. The van der Waals surface area contributed by atoms with Crippen molar-refractivity contribution in [1.29, 1.82) is 0 Å². The molecule has 8 nitrogen and oxygen atoms in total. The highest BCUT2D eigenvalue weighted by Gasteiger charge is 2.22. The Morgan fingerprint density at radius 2 is 1.56 bits per heavy atom. The smallest absolute Gasteiger partial charge is 0.339 e. The van der Waals surface area contributed by atoms with Gasteiger partial charge in [-0.15, -0.1) is 0 Å². The van der Waals surface area contributed by atoms with Gasteiger partial charge >= 0.3 is 10.1 Å². The number of nitrogens with two attached hydrogens (primary N) is 1. The van der Waals surface area contributed by atoms with Crippen LogP contribution in [-0.4, -0.2) is 35.7 Å². The summed E-state index contributed by atoms with van der Waals surface area (Å²) in [7, 11) is -0.0502. The minimum absolute atomic E-state index is 0.0927. The Balaban J connectivity index is 2.47. The van der Waals surface area contributed by atoms with Gasteiger partial charge in [0.2, 0.25) is 0 Å². The SMILES string of the molecule is COc1ccc(C(N)=O)c(OS(=O)(=O)c2ccc(OC)c(OC)c2)c1. The lowest BCUT2D eigenvalue weighted by Crippen LogP contribution is -2.16. The molecule has 0 aromatic heterocycles. The van der Waals surface area contributed by atoms with Crippen LogP contribution in [0.5, 0.6) is 23.0 Å². The fourth-order valence-electron chi connectivity index (χ4n) is 2.04. The minimum atomic E-state index is -4.25. The predicted molar refractivity (Wildman–Crippen MR) is 88.9 cm³/mol. The molecule has 0 aliphatic rings. The first-order valence-corrected chi connectivity index (χ1v) is 8.37. The number of carbonyl (C=O) groups excluding carboxylic acids is 1. The summed E-state index contributed by atoms with van der Waals surface area (Å²) in [5.41, 5.74) is 5.16. The van der Waals surface area contributed by atoms with E-state index in [9.17, 15) is 13.2 Å². The van der Waals surface area contributed by atoms with E-state index < -0.39 is 16.0 Å². The van der Waals surface area contributed by atoms with Crippen LogP contribution < -0.4 is 24.1 Å². The first-order valence-electron chi connectivity index (χ1n) is 6.96. The second-order valence-corrected chi connectivity index (χ2v) is 6.33. The number of hydrogen-bond donors (Lipinski definition) is 1. The van der Waals surface area contributed by atoms with Gasteiger partial charge in [-0.2, -0.15) is 8.42 Å². The van der Waals surface area contributed by atoms with Crippen molar-refractivity contribution in [3.63, 3.8) is 0 Å². The standard InChI is InChI=1S/C16H17NO7S/c1-21-10-4-6-12(16(17)18)14(8-10)24-25(19,20)11-5-7-13(22-2)15(9-11)23-3/h4-9H,1-3H3,(H2,17,18). The molecule has 0 saturated heterocycles. The summed E-state index contributed by atoms with van der Waals surface area (Å²) < 4.78 is 45.3. The van der Waals surface area contributed by atoms with Crippen LogP contribution in [0.25, 0.3) is 0 Å². The van der Waals surface area contributed by atoms with Crippen molar-refractivity contribution in [2.75, 3.05) is 21.3 Å². The third kappa shape index (κ3) is 3.94. The van der Waals surface area contributed by atoms with E-state index in [2.05, 4.69) is 0 Å². The highest BCUT2D eigenvalue weighted by Crippen LogP contribution is 2.32. The summed E-state index contributed by atoms with van der Waals surface area (Å²) in [6, 6.07) is 8.02. The second kappa shape index (κ2) is 7.31. The van der Waals surface area contributed by atoms with E-state index in [-0.39, 0.29) is 22.0 Å². The number of benzene rings is 2. The summed E-state index contributed by atoms with van der Waals surface area (Å²) in [6.45, 7) is 0. The number of methoxy groups -OCH3 is 3. The van der Waals surface area contributed by atoms with Gasteiger partial charge in [0, 0.05) is 12.1 Å². The maximum absolute atomic E-state index is 12.5. The Bertz CT molecular complexity index is 893. The molecule has 9 heteroatoms. The number of rotatable bonds is 7. The number of hydrogen-bond acceptors (Lipinski definition) is 7. The van der Waals surface area contributed by atoms with Crippen LogP contribution in [0.1, 0.15) is 10.4 Å². The fourth-order valence-corrected chi connectivity index (χ4v) is 3.00. The van der Waals surface area contributed by atoms with E-state index in [1.54, 1.807) is 0 Å². The largest absolute Gasteiger partial charge is 0.497 e. The highest BCUT2D eigenvalue weighted by molar-refractivity contribution is 7.87. The molecule has 134 valence electrons. The van der Waals surface area contributed by atoms with E-state index in [1.807, 2.05) is 0 Å². The van der Waals surface area contributed by atoms with Gasteiger partial charge in [-0.25, -0.2) is 0 Å². The summed E-state index contributed by atoms with van der Waals surface area (Å²) in [4.78, 5) is 11.3. The molecule has 0 aliphatic heterocycles. The first-order chi connectivity index (χ1) is 11.8. The topological polar surface area (TPSA) is 114 Å². The third-order valence-electron chi connectivity index (χ3n) is 3.30. The molecule has 25 heavy (non-hydrogen) atoms. The Morgan fingerprint density at radius 3 is 2.12 bits per heavy atom. The molecule has 2 aromatic rings. The lowest BCUT2D eigenvalue weighted by atomic mass is 10.2. The lowest BCUT2D eigenvalue weighted by Gasteiger charge is -2.13. The van der Waals surface area contributed by atoms with E-state index in [0.29, 0.717) is 11.5 Å². The van der Waals surface area contributed by atoms with Gasteiger partial charge in [0.05, 0.1) is 26.9 Å². The number of ether oxygens (including phenoxy) is 3. The van der Waals surface area contributed by atoms with Crippen molar-refractivity contribution in [3.05, 3.63) is 42.0 Å². The number of primary amides is 1. The minimum Gasteiger partial charge on any atom is -0.497 e. The van der Waals surface area contributed by atoms with Crippen molar-refractivity contribution in [2.45, 2.75) is 4.90 Å². The van der Waals surface area contributed by atoms with Crippen molar-refractivity contribution in [1.82, 2.24) is 0 Å². The summed E-state index contributed by atoms with van der Waals surface area (Å²) in [5, 5.41) is 0. The predicted octanol–water partition coefficient (Wildman–Crippen LogP) is 1.58. The molecule has 2 N–H and O–H groups in total. The average Bonchev–Trinajstić information content (AvgIpc) is 2.60. The second-order valence-electron chi connectivity index (χ2n) is 4.78. The van der Waals surface area contributed by atoms with Gasteiger partial charge in [0.1, 0.15) is 10.6 Å². The fraction of sp³-hybridized carbons (Fsp3) is 0.188. The molecular formula is C16H17NO7S. The van der Waals surface area contributed by atoms with Crippen LogP contribution in [0.3, 0.4) is 0 Å². The Labute approximate surface area is 145 Å². The van der Waals surface area contributed by atoms with E-state index in [4.69, 9.17) is 24.1 Å². The molecule has 0 bridgehead atoms. The van der Waals surface area contributed by atoms with Crippen molar-refractivity contribution in [3.8, 4) is 23.0 Å². The van der Waals surface area contributed by atoms with Crippen LogP contribution in [-0.2, 0) is 10.1 Å². The zero-order valence-electron chi connectivity index (χ0n) is 13.8. The van der Waals surface area contributed by atoms with Crippen molar-refractivity contribution in [2.24, 2.45) is 5.73 Å². The quantitative estimate of drug-likeness (QED) is 0.739. The monoisotopic (exact) mass is 367 g/mol. The average molecular weight is 367 g/mol. The summed E-state index contributed by atoms with van der Waals surface area (Å²) in [5.74, 6) is -0.182. The van der Waals surface area contributed by atoms with Crippen molar-refractivity contribution < 1.29 is 31.6 Å². The molecule has 0 heterocycles. The lowest BCUT2D eigenvalue weighted by molar-refractivity contribution is 0.0999. The zero-order valence-corrected chi connectivity index (χ0v) is 14.6. The molecule has 0 unspecified atom stereocenters. The Kier molecular flexibility index (Phi) is 5.38. The summed E-state index contributed by atoms with van der Waals surface area (Å²) >= 11 is 0.